The van der Waals surface area contributed by atoms with Gasteiger partial charge >= 0.3 is 0 Å². The van der Waals surface area contributed by atoms with E-state index in [9.17, 15) is 9.59 Å². The molecule has 1 aromatic carbocycles. The number of fused-ring (bicyclic) bond motifs is 2. The Morgan fingerprint density at radius 2 is 2.17 bits per heavy atom. The van der Waals surface area contributed by atoms with Gasteiger partial charge in [0, 0.05) is 18.5 Å². The van der Waals surface area contributed by atoms with Crippen LogP contribution in [0.1, 0.15) is 28.8 Å². The molecule has 0 atom stereocenters. The average Bonchev–Trinajstić information content (AvgIpc) is 2.66. The molecule has 2 amide bonds. The SMILES string of the molecule is Cc1ccc2c(c1)N(C(=O)CCCCl)c1ncccc1NC2=O. The number of alkyl halides is 1. The van der Waals surface area contributed by atoms with E-state index in [4.69, 9.17) is 11.6 Å². The Labute approximate surface area is 139 Å². The van der Waals surface area contributed by atoms with E-state index in [2.05, 4.69) is 10.3 Å². The summed E-state index contributed by atoms with van der Waals surface area (Å²) < 4.78 is 0. The highest BCUT2D eigenvalue weighted by Gasteiger charge is 2.29. The summed E-state index contributed by atoms with van der Waals surface area (Å²) in [4.78, 5) is 31.0. The van der Waals surface area contributed by atoms with Crippen molar-refractivity contribution in [2.45, 2.75) is 19.8 Å². The van der Waals surface area contributed by atoms with Crippen LogP contribution >= 0.6 is 11.6 Å². The topological polar surface area (TPSA) is 62.3 Å². The molecule has 1 N–H and O–H groups in total. The molecule has 0 radical (unpaired) electrons. The number of hydrogen-bond acceptors (Lipinski definition) is 3. The van der Waals surface area contributed by atoms with Crippen LogP contribution < -0.4 is 10.2 Å². The summed E-state index contributed by atoms with van der Waals surface area (Å²) in [7, 11) is 0. The number of carbonyl (C=O) groups is 2. The van der Waals surface area contributed by atoms with Crippen LogP contribution in [0.2, 0.25) is 0 Å². The summed E-state index contributed by atoms with van der Waals surface area (Å²) in [5.41, 5.74) is 2.49. The van der Waals surface area contributed by atoms with Crippen molar-refractivity contribution < 1.29 is 9.59 Å². The number of hydrogen-bond donors (Lipinski definition) is 1. The molecule has 1 aliphatic heterocycles. The standard InChI is InChI=1S/C17H16ClN3O2/c1-11-6-7-12-14(10-11)21(15(22)5-2-8-18)16-13(20-17(12)23)4-3-9-19-16/h3-4,6-7,9-10H,2,5,8H2,1H3,(H,20,23). The third-order valence-corrected chi connectivity index (χ3v) is 3.93. The number of aromatic nitrogens is 1. The van der Waals surface area contributed by atoms with E-state index in [1.54, 1.807) is 24.4 Å². The third-order valence-electron chi connectivity index (χ3n) is 3.66. The van der Waals surface area contributed by atoms with Gasteiger partial charge in [0.05, 0.1) is 16.9 Å². The fraction of sp³-hybridized carbons (Fsp3) is 0.235. The monoisotopic (exact) mass is 329 g/mol. The first kappa shape index (κ1) is 15.5. The first-order chi connectivity index (χ1) is 11.1. The van der Waals surface area contributed by atoms with Gasteiger partial charge in [0.25, 0.3) is 5.91 Å². The second kappa shape index (κ2) is 6.38. The molecule has 0 bridgehead atoms. The van der Waals surface area contributed by atoms with Gasteiger partial charge in [0.15, 0.2) is 5.82 Å². The van der Waals surface area contributed by atoms with Gasteiger partial charge in [-0.1, -0.05) is 6.07 Å². The van der Waals surface area contributed by atoms with Crippen LogP contribution in [-0.4, -0.2) is 22.7 Å². The van der Waals surface area contributed by atoms with Crippen LogP contribution in [0.5, 0.6) is 0 Å². The van der Waals surface area contributed by atoms with Crippen molar-refractivity contribution in [3.8, 4) is 0 Å². The van der Waals surface area contributed by atoms with Crippen LogP contribution in [0.15, 0.2) is 36.5 Å². The molecule has 0 unspecified atom stereocenters. The Morgan fingerprint density at radius 3 is 2.96 bits per heavy atom. The second-order valence-corrected chi connectivity index (χ2v) is 5.75. The molecule has 0 spiro atoms. The Bertz CT molecular complexity index is 776. The lowest BCUT2D eigenvalue weighted by atomic mass is 10.1. The van der Waals surface area contributed by atoms with Gasteiger partial charge in [-0.25, -0.2) is 4.98 Å². The first-order valence-corrected chi connectivity index (χ1v) is 7.91. The van der Waals surface area contributed by atoms with E-state index >= 15 is 0 Å². The highest BCUT2D eigenvalue weighted by molar-refractivity contribution is 6.18. The zero-order valence-electron chi connectivity index (χ0n) is 12.7. The quantitative estimate of drug-likeness (QED) is 0.874. The van der Waals surface area contributed by atoms with Crippen molar-refractivity contribution in [3.05, 3.63) is 47.7 Å². The summed E-state index contributed by atoms with van der Waals surface area (Å²) in [5, 5.41) is 2.82. The fourth-order valence-electron chi connectivity index (χ4n) is 2.58. The maximum Gasteiger partial charge on any atom is 0.257 e. The number of anilines is 3. The van der Waals surface area contributed by atoms with Crippen LogP contribution in [0.4, 0.5) is 17.2 Å². The van der Waals surface area contributed by atoms with Gasteiger partial charge in [0.2, 0.25) is 5.91 Å². The van der Waals surface area contributed by atoms with Crippen LogP contribution in [0.25, 0.3) is 0 Å². The first-order valence-electron chi connectivity index (χ1n) is 7.38. The molecule has 0 saturated carbocycles. The highest BCUT2D eigenvalue weighted by atomic mass is 35.5. The number of aryl methyl sites for hydroxylation is 1. The maximum absolute atomic E-state index is 12.7. The predicted octanol–water partition coefficient (Wildman–Crippen LogP) is 3.64. The molecule has 6 heteroatoms. The number of carbonyl (C=O) groups excluding carboxylic acids is 2. The number of halogens is 1. The second-order valence-electron chi connectivity index (χ2n) is 5.37. The summed E-state index contributed by atoms with van der Waals surface area (Å²) in [5.74, 6) is 0.465. The number of pyridine rings is 1. The molecule has 0 aliphatic carbocycles. The van der Waals surface area contributed by atoms with E-state index in [0.29, 0.717) is 41.5 Å². The summed E-state index contributed by atoms with van der Waals surface area (Å²) in [6.45, 7) is 1.92. The number of amides is 2. The molecule has 2 aromatic rings. The van der Waals surface area contributed by atoms with Gasteiger partial charge in [-0.15, -0.1) is 11.6 Å². The maximum atomic E-state index is 12.7. The van der Waals surface area contributed by atoms with Crippen molar-refractivity contribution in [1.82, 2.24) is 4.98 Å². The molecular formula is C17H16ClN3O2. The Morgan fingerprint density at radius 1 is 1.35 bits per heavy atom. The van der Waals surface area contributed by atoms with Crippen molar-refractivity contribution in [1.29, 1.82) is 0 Å². The lowest BCUT2D eigenvalue weighted by molar-refractivity contribution is -0.117. The molecule has 2 heterocycles. The molecule has 1 aromatic heterocycles. The van der Waals surface area contributed by atoms with Crippen LogP contribution in [0.3, 0.4) is 0 Å². The van der Waals surface area contributed by atoms with E-state index < -0.39 is 0 Å². The molecule has 118 valence electrons. The molecule has 5 nitrogen and oxygen atoms in total. The summed E-state index contributed by atoms with van der Waals surface area (Å²) in [6, 6.07) is 8.87. The van der Waals surface area contributed by atoms with E-state index in [1.807, 2.05) is 19.1 Å². The van der Waals surface area contributed by atoms with E-state index in [1.165, 1.54) is 4.90 Å². The number of benzene rings is 1. The number of rotatable bonds is 3. The van der Waals surface area contributed by atoms with Gasteiger partial charge in [-0.3, -0.25) is 14.5 Å². The summed E-state index contributed by atoms with van der Waals surface area (Å²) in [6.07, 6.45) is 2.47. The lowest BCUT2D eigenvalue weighted by Gasteiger charge is -2.23. The number of nitrogens with one attached hydrogen (secondary N) is 1. The molecule has 3 rings (SSSR count). The van der Waals surface area contributed by atoms with Crippen molar-refractivity contribution in [3.63, 3.8) is 0 Å². The minimum Gasteiger partial charge on any atom is -0.319 e. The van der Waals surface area contributed by atoms with Gasteiger partial charge in [0.1, 0.15) is 0 Å². The normalized spacial score (nSPS) is 13.0. The van der Waals surface area contributed by atoms with Crippen molar-refractivity contribution in [2.24, 2.45) is 0 Å². The minimum absolute atomic E-state index is 0.131. The lowest BCUT2D eigenvalue weighted by Crippen LogP contribution is -2.27. The van der Waals surface area contributed by atoms with E-state index in [0.717, 1.165) is 5.56 Å². The Hall–Kier alpha value is -2.40. The largest absolute Gasteiger partial charge is 0.319 e. The smallest absolute Gasteiger partial charge is 0.257 e. The van der Waals surface area contributed by atoms with Gasteiger partial charge in [-0.2, -0.15) is 0 Å². The van der Waals surface area contributed by atoms with Gasteiger partial charge < -0.3 is 5.32 Å². The zero-order valence-corrected chi connectivity index (χ0v) is 13.4. The third kappa shape index (κ3) is 2.92. The van der Waals surface area contributed by atoms with Crippen molar-refractivity contribution >= 4 is 40.6 Å². The summed E-state index contributed by atoms with van der Waals surface area (Å²) >= 11 is 5.71. The molecule has 0 saturated heterocycles. The van der Waals surface area contributed by atoms with Crippen LogP contribution in [0, 0.1) is 6.92 Å². The van der Waals surface area contributed by atoms with Crippen LogP contribution in [-0.2, 0) is 4.79 Å². The molecule has 0 fully saturated rings. The highest BCUT2D eigenvalue weighted by Crippen LogP contribution is 2.37. The van der Waals surface area contributed by atoms with Gasteiger partial charge in [-0.05, 0) is 43.2 Å². The average molecular weight is 330 g/mol. The molecule has 23 heavy (non-hydrogen) atoms. The zero-order chi connectivity index (χ0) is 16.4. The van der Waals surface area contributed by atoms with E-state index in [-0.39, 0.29) is 11.8 Å². The minimum atomic E-state index is -0.248. The molecular weight excluding hydrogens is 314 g/mol. The predicted molar refractivity (Wildman–Crippen MR) is 90.5 cm³/mol. The Kier molecular flexibility index (Phi) is 4.30. The fourth-order valence-corrected chi connectivity index (χ4v) is 2.71. The Balaban J connectivity index is 2.19. The number of nitrogens with zero attached hydrogens (tertiary/aromatic N) is 2. The van der Waals surface area contributed by atoms with Crippen molar-refractivity contribution in [2.75, 3.05) is 16.1 Å². The molecule has 1 aliphatic rings.